The minimum atomic E-state index is -2.42. The van der Waals surface area contributed by atoms with E-state index in [2.05, 4.69) is 11.8 Å². The average Bonchev–Trinajstić information content (AvgIpc) is 2.28. The summed E-state index contributed by atoms with van der Waals surface area (Å²) in [6.45, 7) is 7.85. The quantitative estimate of drug-likeness (QED) is 0.682. The van der Waals surface area contributed by atoms with E-state index in [1.165, 1.54) is 25.7 Å². The molecule has 4 nitrogen and oxygen atoms in total. The van der Waals surface area contributed by atoms with Gasteiger partial charge in [-0.3, -0.25) is 4.90 Å². The monoisotopic (exact) mass is 271 g/mol. The number of hydrogen-bond acceptors (Lipinski definition) is 4. The van der Waals surface area contributed by atoms with E-state index in [1.54, 1.807) is 0 Å². The number of nitrogens with zero attached hydrogens (tertiary/aromatic N) is 1. The highest BCUT2D eigenvalue weighted by Crippen LogP contribution is 2.43. The van der Waals surface area contributed by atoms with E-state index < -0.39 is 8.80 Å². The Bertz CT molecular complexity index is 263. The molecule has 104 valence electrons. The summed E-state index contributed by atoms with van der Waals surface area (Å²) in [6.07, 6.45) is 5.21. The van der Waals surface area contributed by atoms with E-state index in [0.717, 1.165) is 39.5 Å². The summed E-state index contributed by atoms with van der Waals surface area (Å²) in [5.41, 5.74) is 0.538. The lowest BCUT2D eigenvalue weighted by atomic mass is 9.90. The Kier molecular flexibility index (Phi) is 4.05. The third-order valence-corrected chi connectivity index (χ3v) is 8.28. The fraction of sp³-hybridized carbons (Fsp3) is 1.00. The van der Waals surface area contributed by atoms with E-state index in [-0.39, 0.29) is 0 Å². The van der Waals surface area contributed by atoms with Crippen molar-refractivity contribution in [2.45, 2.75) is 38.1 Å². The Labute approximate surface area is 111 Å². The molecule has 1 saturated carbocycles. The highest BCUT2D eigenvalue weighted by molar-refractivity contribution is 6.62. The Balaban J connectivity index is 1.79. The smallest absolute Gasteiger partial charge is 0.372 e. The molecule has 0 aromatic rings. The molecule has 0 radical (unpaired) electrons. The third-order valence-electron chi connectivity index (χ3n) is 4.70. The average molecular weight is 271 g/mol. The molecule has 3 aliphatic heterocycles. The van der Waals surface area contributed by atoms with Crippen LogP contribution in [0.5, 0.6) is 0 Å². The molecule has 4 fully saturated rings. The first-order valence-corrected chi connectivity index (χ1v) is 9.25. The van der Waals surface area contributed by atoms with Gasteiger partial charge in [-0.25, -0.2) is 0 Å². The summed E-state index contributed by atoms with van der Waals surface area (Å²) >= 11 is 0. The molecule has 3 saturated heterocycles. The molecule has 0 amide bonds. The van der Waals surface area contributed by atoms with E-state index in [0.29, 0.717) is 11.5 Å². The Morgan fingerprint density at radius 3 is 2.00 bits per heavy atom. The molecule has 3 heterocycles. The summed E-state index contributed by atoms with van der Waals surface area (Å²) in [5.74, 6) is 0.695. The molecule has 1 aliphatic carbocycles. The highest BCUT2D eigenvalue weighted by atomic mass is 28.4. The molecular weight excluding hydrogens is 246 g/mol. The van der Waals surface area contributed by atoms with Crippen molar-refractivity contribution < 1.29 is 13.3 Å². The lowest BCUT2D eigenvalue weighted by Crippen LogP contribution is -2.59. The van der Waals surface area contributed by atoms with Gasteiger partial charge in [0.1, 0.15) is 0 Å². The second-order valence-electron chi connectivity index (χ2n) is 5.86. The second-order valence-corrected chi connectivity index (χ2v) is 8.67. The molecule has 0 N–H and O–H groups in total. The lowest BCUT2D eigenvalue weighted by Gasteiger charge is -2.44. The van der Waals surface area contributed by atoms with Gasteiger partial charge >= 0.3 is 8.80 Å². The zero-order valence-electron chi connectivity index (χ0n) is 11.4. The van der Waals surface area contributed by atoms with Crippen LogP contribution < -0.4 is 0 Å². The fourth-order valence-electron chi connectivity index (χ4n) is 3.57. The van der Waals surface area contributed by atoms with Gasteiger partial charge in [-0.05, 0) is 12.3 Å². The third kappa shape index (κ3) is 2.51. The number of rotatable bonds is 1. The first-order chi connectivity index (χ1) is 8.80. The van der Waals surface area contributed by atoms with Crippen molar-refractivity contribution in [3.05, 3.63) is 0 Å². The minimum absolute atomic E-state index is 0.538. The van der Waals surface area contributed by atoms with Crippen LogP contribution in [-0.4, -0.2) is 53.2 Å². The van der Waals surface area contributed by atoms with Crippen LogP contribution in [0, 0.1) is 5.92 Å². The van der Waals surface area contributed by atoms with Crippen molar-refractivity contribution in [3.63, 3.8) is 0 Å². The molecule has 4 rings (SSSR count). The summed E-state index contributed by atoms with van der Waals surface area (Å²) in [5, 5.41) is 0. The van der Waals surface area contributed by atoms with Crippen LogP contribution in [0.2, 0.25) is 5.54 Å². The topological polar surface area (TPSA) is 30.9 Å². The predicted molar refractivity (Wildman–Crippen MR) is 71.4 cm³/mol. The van der Waals surface area contributed by atoms with E-state index in [4.69, 9.17) is 13.3 Å². The van der Waals surface area contributed by atoms with E-state index >= 15 is 0 Å². The van der Waals surface area contributed by atoms with Crippen LogP contribution in [0.15, 0.2) is 0 Å². The molecule has 2 atom stereocenters. The van der Waals surface area contributed by atoms with Crippen LogP contribution in [-0.2, 0) is 13.3 Å². The number of hydrogen-bond donors (Lipinski definition) is 0. The van der Waals surface area contributed by atoms with Gasteiger partial charge in [-0.1, -0.05) is 26.2 Å². The molecule has 0 aromatic heterocycles. The molecular formula is C13H25NO3Si. The van der Waals surface area contributed by atoms with Crippen molar-refractivity contribution in [1.29, 1.82) is 0 Å². The van der Waals surface area contributed by atoms with Crippen LogP contribution in [0.3, 0.4) is 0 Å². The van der Waals surface area contributed by atoms with E-state index in [1.807, 2.05) is 0 Å². The Morgan fingerprint density at radius 1 is 0.889 bits per heavy atom. The predicted octanol–water partition coefficient (Wildman–Crippen LogP) is 1.88. The molecule has 0 spiro atoms. The van der Waals surface area contributed by atoms with Gasteiger partial charge in [-0.2, -0.15) is 0 Å². The van der Waals surface area contributed by atoms with Crippen molar-refractivity contribution in [2.24, 2.45) is 5.92 Å². The zero-order valence-corrected chi connectivity index (χ0v) is 12.4. The van der Waals surface area contributed by atoms with Gasteiger partial charge in [0.15, 0.2) is 0 Å². The summed E-state index contributed by atoms with van der Waals surface area (Å²) < 4.78 is 18.6. The molecule has 18 heavy (non-hydrogen) atoms. The molecule has 2 bridgehead atoms. The molecule has 0 aromatic carbocycles. The maximum absolute atomic E-state index is 6.20. The van der Waals surface area contributed by atoms with Crippen molar-refractivity contribution in [1.82, 2.24) is 4.90 Å². The van der Waals surface area contributed by atoms with Gasteiger partial charge in [0.25, 0.3) is 0 Å². The first kappa shape index (κ1) is 13.1. The molecule has 1 unspecified atom stereocenters. The highest BCUT2D eigenvalue weighted by Gasteiger charge is 2.53. The summed E-state index contributed by atoms with van der Waals surface area (Å²) in [6, 6.07) is 0. The van der Waals surface area contributed by atoms with Gasteiger partial charge in [0.2, 0.25) is 0 Å². The van der Waals surface area contributed by atoms with Gasteiger partial charge < -0.3 is 13.3 Å². The van der Waals surface area contributed by atoms with Crippen LogP contribution in [0.4, 0.5) is 0 Å². The maximum Gasteiger partial charge on any atom is 0.504 e. The lowest BCUT2D eigenvalue weighted by molar-refractivity contribution is -0.0210. The number of fused-ring (bicyclic) bond motifs is 6. The Hall–Kier alpha value is 0.0569. The van der Waals surface area contributed by atoms with Gasteiger partial charge in [0, 0.05) is 25.2 Å². The van der Waals surface area contributed by atoms with Crippen LogP contribution in [0.1, 0.15) is 32.6 Å². The largest absolute Gasteiger partial charge is 0.504 e. The van der Waals surface area contributed by atoms with Gasteiger partial charge in [0.05, 0.1) is 19.8 Å². The maximum atomic E-state index is 6.20. The Morgan fingerprint density at radius 2 is 1.44 bits per heavy atom. The summed E-state index contributed by atoms with van der Waals surface area (Å²) in [4.78, 5) is 2.38. The molecule has 4 aliphatic rings. The normalized spacial score (nSPS) is 46.2. The van der Waals surface area contributed by atoms with Crippen molar-refractivity contribution in [3.8, 4) is 0 Å². The standard InChI is InChI=1S/C13H25NO3Si/c1-12-4-2-3-5-13(12)18-15-9-6-14(7-10-16-18)8-11-17-18/h12-13H,2-11H2,1H3/t12-,13?/m1/s1. The van der Waals surface area contributed by atoms with Crippen molar-refractivity contribution in [2.75, 3.05) is 39.5 Å². The van der Waals surface area contributed by atoms with Crippen LogP contribution in [0.25, 0.3) is 0 Å². The minimum Gasteiger partial charge on any atom is -0.372 e. The second kappa shape index (κ2) is 5.59. The van der Waals surface area contributed by atoms with Crippen LogP contribution >= 0.6 is 0 Å². The van der Waals surface area contributed by atoms with Gasteiger partial charge in [-0.15, -0.1) is 0 Å². The van der Waals surface area contributed by atoms with Crippen molar-refractivity contribution >= 4 is 8.80 Å². The zero-order chi connectivity index (χ0) is 12.4. The SMILES string of the molecule is C[C@@H]1CCCCC1[Si]12OCCN(CCO1)CCO2. The summed E-state index contributed by atoms with van der Waals surface area (Å²) in [7, 11) is -2.42. The molecule has 5 heteroatoms. The fourth-order valence-corrected chi connectivity index (χ4v) is 7.01. The van der Waals surface area contributed by atoms with E-state index in [9.17, 15) is 0 Å². The first-order valence-electron chi connectivity index (χ1n) is 7.44.